The zero-order chi connectivity index (χ0) is 25.8. The highest BCUT2D eigenvalue weighted by Crippen LogP contribution is 2.28. The van der Waals surface area contributed by atoms with Crippen molar-refractivity contribution in [2.75, 3.05) is 12.4 Å². The van der Waals surface area contributed by atoms with Crippen molar-refractivity contribution in [1.29, 1.82) is 0 Å². The molecule has 0 heterocycles. The fourth-order valence-electron chi connectivity index (χ4n) is 2.93. The van der Waals surface area contributed by atoms with Crippen molar-refractivity contribution in [1.82, 2.24) is 0 Å². The molecule has 0 bridgehead atoms. The Kier molecular flexibility index (Phi) is 7.40. The van der Waals surface area contributed by atoms with Gasteiger partial charge in [-0.3, -0.25) is 19.2 Å². The Hall–Kier alpha value is -3.98. The molecule has 3 rings (SSSR count). The monoisotopic (exact) mass is 518 g/mol. The summed E-state index contributed by atoms with van der Waals surface area (Å²) < 4.78 is 66.3. The van der Waals surface area contributed by atoms with Crippen LogP contribution in [0, 0.1) is 10.1 Å². The molecule has 0 unspecified atom stereocenters. The van der Waals surface area contributed by atoms with Crippen molar-refractivity contribution in [3.05, 3.63) is 81.9 Å². The molecule has 0 saturated carbocycles. The van der Waals surface area contributed by atoms with E-state index < -0.39 is 40.6 Å². The maximum absolute atomic E-state index is 11.9. The SMILES string of the molecule is CNc1ccc(N=Nc2ccc(/C=C/c3ccc([N+](=O)[O-])cc3S(=O)(=O)O)c(S(=O)(=O)O)c2)cc1. The van der Waals surface area contributed by atoms with Crippen LogP contribution in [0.2, 0.25) is 0 Å². The molecule has 0 aromatic heterocycles. The van der Waals surface area contributed by atoms with Crippen molar-refractivity contribution in [3.63, 3.8) is 0 Å². The van der Waals surface area contributed by atoms with E-state index in [0.717, 1.165) is 36.0 Å². The van der Waals surface area contributed by atoms with Crippen LogP contribution in [-0.4, -0.2) is 37.9 Å². The highest BCUT2D eigenvalue weighted by atomic mass is 32.2. The molecule has 0 amide bonds. The molecule has 182 valence electrons. The van der Waals surface area contributed by atoms with Gasteiger partial charge in [0.1, 0.15) is 9.79 Å². The Morgan fingerprint density at radius 1 is 0.800 bits per heavy atom. The van der Waals surface area contributed by atoms with Crippen LogP contribution in [0.5, 0.6) is 0 Å². The number of nitro benzene ring substituents is 1. The molecule has 3 aromatic carbocycles. The minimum atomic E-state index is -4.83. The number of non-ortho nitro benzene ring substituents is 1. The Morgan fingerprint density at radius 2 is 1.29 bits per heavy atom. The Labute approximate surface area is 200 Å². The number of nitrogens with one attached hydrogen (secondary N) is 1. The van der Waals surface area contributed by atoms with Gasteiger partial charge in [-0.1, -0.05) is 18.2 Å². The Balaban J connectivity index is 2.00. The van der Waals surface area contributed by atoms with Gasteiger partial charge in [-0.15, -0.1) is 0 Å². The first-order valence-corrected chi connectivity index (χ1v) is 12.5. The van der Waals surface area contributed by atoms with Gasteiger partial charge < -0.3 is 5.32 Å². The Bertz CT molecular complexity index is 1550. The van der Waals surface area contributed by atoms with E-state index in [-0.39, 0.29) is 16.8 Å². The predicted octanol–water partition coefficient (Wildman–Crippen LogP) is 4.72. The van der Waals surface area contributed by atoms with Gasteiger partial charge in [0.15, 0.2) is 0 Å². The zero-order valence-electron chi connectivity index (χ0n) is 17.9. The number of azo groups is 1. The van der Waals surface area contributed by atoms with Crippen molar-refractivity contribution >= 4 is 55.1 Å². The summed E-state index contributed by atoms with van der Waals surface area (Å²) in [5.41, 5.74) is 0.721. The molecule has 35 heavy (non-hydrogen) atoms. The van der Waals surface area contributed by atoms with Crippen LogP contribution in [0.25, 0.3) is 12.2 Å². The number of nitrogens with zero attached hydrogens (tertiary/aromatic N) is 3. The first-order chi connectivity index (χ1) is 16.4. The quantitative estimate of drug-likeness (QED) is 0.125. The average molecular weight is 519 g/mol. The first kappa shape index (κ1) is 25.6. The number of hydrogen-bond acceptors (Lipinski definition) is 9. The molecule has 3 N–H and O–H groups in total. The standard InChI is InChI=1S/C21H18N4O8S2/c1-22-16-7-9-17(10-8-16)23-24-18-6-4-14(20(12-18)34(28,29)30)2-3-15-5-11-19(25(26)27)13-21(15)35(31,32)33/h2-13,22H,1H3,(H,28,29,30)(H,31,32,33)/b3-2+,24-23?. The van der Waals surface area contributed by atoms with Gasteiger partial charge in [-0.25, -0.2) is 0 Å². The van der Waals surface area contributed by atoms with Crippen LogP contribution >= 0.6 is 0 Å². The van der Waals surface area contributed by atoms with Gasteiger partial charge in [-0.2, -0.15) is 27.1 Å². The summed E-state index contributed by atoms with van der Waals surface area (Å²) in [6.07, 6.45) is 2.29. The molecule has 0 radical (unpaired) electrons. The van der Waals surface area contributed by atoms with E-state index in [4.69, 9.17) is 0 Å². The van der Waals surface area contributed by atoms with Crippen LogP contribution in [0.3, 0.4) is 0 Å². The summed E-state index contributed by atoms with van der Waals surface area (Å²) in [6.45, 7) is 0. The number of hydrogen-bond donors (Lipinski definition) is 3. The van der Waals surface area contributed by atoms with E-state index >= 15 is 0 Å². The molecule has 3 aromatic rings. The molecule has 0 fully saturated rings. The van der Waals surface area contributed by atoms with Gasteiger partial charge in [0.25, 0.3) is 25.9 Å². The fourth-order valence-corrected chi connectivity index (χ4v) is 4.34. The second-order valence-electron chi connectivity index (χ2n) is 6.98. The van der Waals surface area contributed by atoms with E-state index in [2.05, 4.69) is 15.5 Å². The van der Waals surface area contributed by atoms with E-state index in [1.807, 2.05) is 0 Å². The predicted molar refractivity (Wildman–Crippen MR) is 128 cm³/mol. The maximum atomic E-state index is 11.9. The van der Waals surface area contributed by atoms with Crippen molar-refractivity contribution in [2.45, 2.75) is 9.79 Å². The van der Waals surface area contributed by atoms with Gasteiger partial charge in [0.2, 0.25) is 0 Å². The molecule has 0 aliphatic heterocycles. The molecular formula is C21H18N4O8S2. The molecule has 14 heteroatoms. The molecule has 0 atom stereocenters. The van der Waals surface area contributed by atoms with Gasteiger partial charge >= 0.3 is 0 Å². The number of anilines is 1. The van der Waals surface area contributed by atoms with Crippen LogP contribution in [0.1, 0.15) is 11.1 Å². The van der Waals surface area contributed by atoms with Crippen LogP contribution in [-0.2, 0) is 20.2 Å². The summed E-state index contributed by atoms with van der Waals surface area (Å²) in [5, 5.41) is 21.9. The maximum Gasteiger partial charge on any atom is 0.295 e. The molecule has 0 spiro atoms. The molecule has 12 nitrogen and oxygen atoms in total. The summed E-state index contributed by atoms with van der Waals surface area (Å²) >= 11 is 0. The van der Waals surface area contributed by atoms with E-state index in [9.17, 15) is 36.1 Å². The van der Waals surface area contributed by atoms with Gasteiger partial charge in [0.05, 0.1) is 16.3 Å². The van der Waals surface area contributed by atoms with E-state index in [0.29, 0.717) is 11.8 Å². The van der Waals surface area contributed by atoms with E-state index in [1.165, 1.54) is 12.1 Å². The summed E-state index contributed by atoms with van der Waals surface area (Å²) in [5.74, 6) is 0. The molecule has 0 aliphatic carbocycles. The molecular weight excluding hydrogens is 500 g/mol. The number of rotatable bonds is 8. The minimum absolute atomic E-state index is 0.0375. The highest BCUT2D eigenvalue weighted by molar-refractivity contribution is 7.86. The molecule has 0 saturated heterocycles. The Morgan fingerprint density at radius 3 is 1.80 bits per heavy atom. The smallest absolute Gasteiger partial charge is 0.295 e. The topological polar surface area (TPSA) is 189 Å². The van der Waals surface area contributed by atoms with Crippen LogP contribution in [0.4, 0.5) is 22.7 Å². The normalized spacial score (nSPS) is 12.3. The van der Waals surface area contributed by atoms with Gasteiger partial charge in [0, 0.05) is 24.9 Å². The van der Waals surface area contributed by atoms with Crippen LogP contribution < -0.4 is 5.32 Å². The lowest BCUT2D eigenvalue weighted by Gasteiger charge is -2.06. The number of nitro groups is 1. The van der Waals surface area contributed by atoms with Crippen molar-refractivity contribution < 1.29 is 30.9 Å². The first-order valence-electron chi connectivity index (χ1n) is 9.63. The van der Waals surface area contributed by atoms with Gasteiger partial charge in [-0.05, 0) is 53.6 Å². The third-order valence-electron chi connectivity index (χ3n) is 4.64. The van der Waals surface area contributed by atoms with Crippen LogP contribution in [0.15, 0.2) is 80.7 Å². The average Bonchev–Trinajstić information content (AvgIpc) is 2.80. The second kappa shape index (κ2) is 10.1. The zero-order valence-corrected chi connectivity index (χ0v) is 19.6. The summed E-state index contributed by atoms with van der Waals surface area (Å²) in [7, 11) is -7.80. The van der Waals surface area contributed by atoms with Crippen molar-refractivity contribution in [3.8, 4) is 0 Å². The summed E-state index contributed by atoms with van der Waals surface area (Å²) in [6, 6.07) is 13.5. The molecule has 0 aliphatic rings. The largest absolute Gasteiger partial charge is 0.388 e. The fraction of sp³-hybridized carbons (Fsp3) is 0.0476. The lowest BCUT2D eigenvalue weighted by molar-refractivity contribution is -0.385. The lowest BCUT2D eigenvalue weighted by Crippen LogP contribution is -2.02. The second-order valence-corrected chi connectivity index (χ2v) is 9.76. The summed E-state index contributed by atoms with van der Waals surface area (Å²) in [4.78, 5) is 8.81. The van der Waals surface area contributed by atoms with Crippen molar-refractivity contribution in [2.24, 2.45) is 10.2 Å². The minimum Gasteiger partial charge on any atom is -0.388 e. The third-order valence-corrected chi connectivity index (χ3v) is 6.46. The third kappa shape index (κ3) is 6.54. The highest BCUT2D eigenvalue weighted by Gasteiger charge is 2.20. The lowest BCUT2D eigenvalue weighted by atomic mass is 10.1. The number of benzene rings is 3. The van der Waals surface area contributed by atoms with E-state index in [1.54, 1.807) is 31.3 Å².